The van der Waals surface area contributed by atoms with E-state index >= 15 is 0 Å². The first-order valence-electron chi connectivity index (χ1n) is 6.87. The standard InChI is InChI=1S/C13H17N5O3/c1-8-5-10(16(2)15-8)14-11(19)6-18-12(20)7-17(13(18)21)9-3-4-9/h5,9H,3-4,6-7H2,1-2H3,(H,14,19). The fourth-order valence-electron chi connectivity index (χ4n) is 2.44. The maximum Gasteiger partial charge on any atom is 0.327 e. The van der Waals surface area contributed by atoms with Gasteiger partial charge in [0.15, 0.2) is 0 Å². The second kappa shape index (κ2) is 4.87. The van der Waals surface area contributed by atoms with Crippen molar-refractivity contribution in [2.75, 3.05) is 18.4 Å². The maximum atomic E-state index is 12.1. The number of amides is 4. The molecule has 0 spiro atoms. The lowest BCUT2D eigenvalue weighted by atomic mass is 10.4. The quantitative estimate of drug-likeness (QED) is 0.797. The Morgan fingerprint density at radius 2 is 2.14 bits per heavy atom. The van der Waals surface area contributed by atoms with E-state index in [1.165, 1.54) is 4.68 Å². The van der Waals surface area contributed by atoms with Crippen molar-refractivity contribution >= 4 is 23.7 Å². The number of urea groups is 1. The zero-order chi connectivity index (χ0) is 15.1. The molecule has 0 radical (unpaired) electrons. The average Bonchev–Trinajstić information content (AvgIpc) is 3.14. The number of aryl methyl sites for hydroxylation is 2. The Morgan fingerprint density at radius 1 is 1.43 bits per heavy atom. The van der Waals surface area contributed by atoms with Crippen LogP contribution in [0, 0.1) is 6.92 Å². The van der Waals surface area contributed by atoms with E-state index in [-0.39, 0.29) is 31.1 Å². The van der Waals surface area contributed by atoms with Crippen LogP contribution in [0.4, 0.5) is 10.6 Å². The fourth-order valence-corrected chi connectivity index (χ4v) is 2.44. The molecular formula is C13H17N5O3. The van der Waals surface area contributed by atoms with Gasteiger partial charge < -0.3 is 10.2 Å². The van der Waals surface area contributed by atoms with E-state index in [4.69, 9.17) is 0 Å². The van der Waals surface area contributed by atoms with Gasteiger partial charge in [-0.15, -0.1) is 0 Å². The van der Waals surface area contributed by atoms with E-state index in [0.717, 1.165) is 23.4 Å². The summed E-state index contributed by atoms with van der Waals surface area (Å²) in [6, 6.07) is 1.54. The zero-order valence-corrected chi connectivity index (χ0v) is 12.0. The second-order valence-electron chi connectivity index (χ2n) is 5.46. The van der Waals surface area contributed by atoms with Crippen LogP contribution in [0.25, 0.3) is 0 Å². The number of aromatic nitrogens is 2. The van der Waals surface area contributed by atoms with Crippen molar-refractivity contribution in [3.63, 3.8) is 0 Å². The van der Waals surface area contributed by atoms with Crippen LogP contribution < -0.4 is 5.32 Å². The number of nitrogens with zero attached hydrogens (tertiary/aromatic N) is 4. The van der Waals surface area contributed by atoms with Gasteiger partial charge in [-0.05, 0) is 19.8 Å². The molecule has 1 N–H and O–H groups in total. The molecule has 1 aliphatic carbocycles. The summed E-state index contributed by atoms with van der Waals surface area (Å²) in [6.45, 7) is 1.64. The monoisotopic (exact) mass is 291 g/mol. The van der Waals surface area contributed by atoms with Gasteiger partial charge in [0.25, 0.3) is 5.91 Å². The molecule has 2 fully saturated rings. The molecule has 8 heteroatoms. The van der Waals surface area contributed by atoms with Gasteiger partial charge in [-0.2, -0.15) is 5.10 Å². The molecule has 21 heavy (non-hydrogen) atoms. The number of imide groups is 1. The zero-order valence-electron chi connectivity index (χ0n) is 12.0. The third kappa shape index (κ3) is 2.61. The van der Waals surface area contributed by atoms with Crippen molar-refractivity contribution in [2.24, 2.45) is 7.05 Å². The highest BCUT2D eigenvalue weighted by molar-refractivity contribution is 6.06. The summed E-state index contributed by atoms with van der Waals surface area (Å²) < 4.78 is 1.54. The first-order valence-corrected chi connectivity index (χ1v) is 6.87. The summed E-state index contributed by atoms with van der Waals surface area (Å²) >= 11 is 0. The van der Waals surface area contributed by atoms with Crippen molar-refractivity contribution < 1.29 is 14.4 Å². The lowest BCUT2D eigenvalue weighted by Gasteiger charge is -2.16. The smallest absolute Gasteiger partial charge is 0.312 e. The summed E-state index contributed by atoms with van der Waals surface area (Å²) in [6.07, 6.45) is 1.88. The van der Waals surface area contributed by atoms with E-state index in [2.05, 4.69) is 10.4 Å². The van der Waals surface area contributed by atoms with E-state index in [0.29, 0.717) is 5.82 Å². The number of hydrogen-bond donors (Lipinski definition) is 1. The van der Waals surface area contributed by atoms with Gasteiger partial charge in [-0.25, -0.2) is 4.79 Å². The number of nitrogens with one attached hydrogen (secondary N) is 1. The lowest BCUT2D eigenvalue weighted by molar-refractivity contribution is -0.129. The topological polar surface area (TPSA) is 87.5 Å². The molecule has 3 rings (SSSR count). The lowest BCUT2D eigenvalue weighted by Crippen LogP contribution is -2.39. The molecule has 112 valence electrons. The van der Waals surface area contributed by atoms with E-state index in [1.54, 1.807) is 18.0 Å². The maximum absolute atomic E-state index is 12.1. The highest BCUT2D eigenvalue weighted by atomic mass is 16.2. The van der Waals surface area contributed by atoms with Crippen molar-refractivity contribution in [3.05, 3.63) is 11.8 Å². The van der Waals surface area contributed by atoms with Crippen molar-refractivity contribution in [3.8, 4) is 0 Å². The van der Waals surface area contributed by atoms with Crippen LogP contribution in [0.2, 0.25) is 0 Å². The van der Waals surface area contributed by atoms with Crippen LogP contribution in [0.1, 0.15) is 18.5 Å². The summed E-state index contributed by atoms with van der Waals surface area (Å²) in [5.41, 5.74) is 0.779. The van der Waals surface area contributed by atoms with Gasteiger partial charge in [0.1, 0.15) is 18.9 Å². The van der Waals surface area contributed by atoms with Crippen molar-refractivity contribution in [1.29, 1.82) is 0 Å². The number of hydrogen-bond acceptors (Lipinski definition) is 4. The van der Waals surface area contributed by atoms with Crippen molar-refractivity contribution in [1.82, 2.24) is 19.6 Å². The number of anilines is 1. The Hall–Kier alpha value is -2.38. The third-order valence-electron chi connectivity index (χ3n) is 3.64. The van der Waals surface area contributed by atoms with Gasteiger partial charge in [-0.1, -0.05) is 0 Å². The molecule has 1 aromatic heterocycles. The van der Waals surface area contributed by atoms with Crippen LogP contribution in [-0.2, 0) is 16.6 Å². The van der Waals surface area contributed by atoms with Gasteiger partial charge >= 0.3 is 6.03 Å². The van der Waals surface area contributed by atoms with Crippen LogP contribution in [0.15, 0.2) is 6.07 Å². The van der Waals surface area contributed by atoms with E-state index in [1.807, 2.05) is 6.92 Å². The molecule has 0 unspecified atom stereocenters. The Kier molecular flexibility index (Phi) is 3.15. The molecule has 1 aromatic rings. The van der Waals surface area contributed by atoms with Crippen molar-refractivity contribution in [2.45, 2.75) is 25.8 Å². The average molecular weight is 291 g/mol. The molecule has 2 heterocycles. The summed E-state index contributed by atoms with van der Waals surface area (Å²) in [5, 5.41) is 6.77. The minimum atomic E-state index is -0.405. The van der Waals surface area contributed by atoms with Crippen LogP contribution in [-0.4, -0.2) is 56.6 Å². The number of carbonyl (C=O) groups is 3. The summed E-state index contributed by atoms with van der Waals surface area (Å²) in [7, 11) is 1.71. The molecule has 2 aliphatic rings. The van der Waals surface area contributed by atoms with E-state index in [9.17, 15) is 14.4 Å². The largest absolute Gasteiger partial charge is 0.327 e. The Balaban J connectivity index is 1.63. The van der Waals surface area contributed by atoms with Gasteiger partial charge in [0.05, 0.1) is 5.69 Å². The highest BCUT2D eigenvalue weighted by Crippen LogP contribution is 2.30. The first kappa shape index (κ1) is 13.6. The predicted molar refractivity (Wildman–Crippen MR) is 73.4 cm³/mol. The second-order valence-corrected chi connectivity index (χ2v) is 5.46. The molecule has 0 bridgehead atoms. The fraction of sp³-hybridized carbons (Fsp3) is 0.538. The molecule has 8 nitrogen and oxygen atoms in total. The number of rotatable bonds is 4. The van der Waals surface area contributed by atoms with Gasteiger partial charge in [0, 0.05) is 19.2 Å². The van der Waals surface area contributed by atoms with Crippen LogP contribution in [0.5, 0.6) is 0 Å². The minimum absolute atomic E-state index is 0.0849. The number of carbonyl (C=O) groups excluding carboxylic acids is 3. The van der Waals surface area contributed by atoms with Crippen LogP contribution in [0.3, 0.4) is 0 Å². The third-order valence-corrected chi connectivity index (χ3v) is 3.64. The molecule has 1 saturated carbocycles. The summed E-state index contributed by atoms with van der Waals surface area (Å²) in [4.78, 5) is 38.5. The van der Waals surface area contributed by atoms with Gasteiger partial charge in [0.2, 0.25) is 5.91 Å². The normalized spacial score (nSPS) is 18.6. The molecule has 0 aromatic carbocycles. The van der Waals surface area contributed by atoms with E-state index < -0.39 is 5.91 Å². The first-order chi connectivity index (χ1) is 9.95. The Labute approximate surface area is 121 Å². The Morgan fingerprint density at radius 3 is 2.71 bits per heavy atom. The molecule has 1 saturated heterocycles. The molecule has 1 aliphatic heterocycles. The minimum Gasteiger partial charge on any atom is -0.312 e. The highest BCUT2D eigenvalue weighted by Gasteiger charge is 2.44. The van der Waals surface area contributed by atoms with Crippen LogP contribution >= 0.6 is 0 Å². The van der Waals surface area contributed by atoms with Gasteiger partial charge in [-0.3, -0.25) is 19.2 Å². The summed E-state index contributed by atoms with van der Waals surface area (Å²) in [5.74, 6) is -0.184. The molecular weight excluding hydrogens is 274 g/mol. The predicted octanol–water partition coefficient (Wildman–Crippen LogP) is 0.0936. The SMILES string of the molecule is Cc1cc(NC(=O)CN2C(=O)CN(C3CC3)C2=O)n(C)n1. The Bertz CT molecular complexity index is 619. The molecule has 4 amide bonds. The molecule has 0 atom stereocenters.